The molecular weight excluding hydrogens is 493 g/mol. The maximum absolute atomic E-state index is 13.8. The Kier molecular flexibility index (Phi) is 6.93. The number of aromatic nitrogens is 2. The van der Waals surface area contributed by atoms with Gasteiger partial charge in [-0.1, -0.05) is 0 Å². The van der Waals surface area contributed by atoms with Gasteiger partial charge in [0, 0.05) is 62.2 Å². The van der Waals surface area contributed by atoms with Crippen LogP contribution in [-0.4, -0.2) is 59.8 Å². The highest BCUT2D eigenvalue weighted by Crippen LogP contribution is 2.27. The summed E-state index contributed by atoms with van der Waals surface area (Å²) in [4.78, 5) is 33.8. The molecule has 0 atom stereocenters. The van der Waals surface area contributed by atoms with Crippen LogP contribution in [-0.2, 0) is 6.54 Å². The lowest BCUT2D eigenvalue weighted by Crippen LogP contribution is -2.46. The Morgan fingerprint density at radius 1 is 0.921 bits per heavy atom. The second-order valence-electron chi connectivity index (χ2n) is 8.94. The van der Waals surface area contributed by atoms with E-state index in [9.17, 15) is 19.3 Å². The van der Waals surface area contributed by atoms with Crippen molar-refractivity contribution in [2.24, 2.45) is 0 Å². The molecule has 1 fully saturated rings. The quantitative estimate of drug-likeness (QED) is 0.269. The molecule has 4 aromatic rings. The average molecular weight is 520 g/mol. The Labute approximate surface area is 217 Å². The maximum Gasteiger partial charge on any atom is 0.270 e. The van der Waals surface area contributed by atoms with E-state index in [0.717, 1.165) is 18.8 Å². The monoisotopic (exact) mass is 519 g/mol. The first-order valence-corrected chi connectivity index (χ1v) is 12.0. The molecule has 1 aromatic heterocycles. The number of nitro benzene ring substituents is 1. The molecule has 1 aliphatic rings. The Hall–Kier alpha value is -4.51. The average Bonchev–Trinajstić information content (AvgIpc) is 2.93. The van der Waals surface area contributed by atoms with Gasteiger partial charge in [0.05, 0.1) is 42.3 Å². The fraction of sp³-hybridized carbons (Fsp3) is 0.259. The van der Waals surface area contributed by atoms with Crippen LogP contribution in [0.15, 0.2) is 65.5 Å². The molecule has 196 valence electrons. The minimum Gasteiger partial charge on any atom is -0.497 e. The number of fused-ring (bicyclic) bond motifs is 1. The van der Waals surface area contributed by atoms with Crippen LogP contribution in [0.1, 0.15) is 5.82 Å². The number of nitro groups is 1. The lowest BCUT2D eigenvalue weighted by Gasteiger charge is -2.36. The van der Waals surface area contributed by atoms with Gasteiger partial charge in [0.1, 0.15) is 23.1 Å². The summed E-state index contributed by atoms with van der Waals surface area (Å²) in [5.74, 6) is 1.20. The van der Waals surface area contributed by atoms with Crippen LogP contribution in [0.4, 0.5) is 15.8 Å². The summed E-state index contributed by atoms with van der Waals surface area (Å²) in [7, 11) is 3.04. The number of nitrogens with zero attached hydrogens (tertiary/aromatic N) is 5. The zero-order valence-corrected chi connectivity index (χ0v) is 21.0. The zero-order valence-electron chi connectivity index (χ0n) is 21.0. The van der Waals surface area contributed by atoms with Crippen LogP contribution >= 0.6 is 0 Å². The smallest absolute Gasteiger partial charge is 0.270 e. The minimum absolute atomic E-state index is 0.144. The Bertz CT molecular complexity index is 1530. The largest absolute Gasteiger partial charge is 0.497 e. The van der Waals surface area contributed by atoms with Gasteiger partial charge < -0.3 is 14.4 Å². The van der Waals surface area contributed by atoms with Crippen LogP contribution in [0.5, 0.6) is 11.5 Å². The summed E-state index contributed by atoms with van der Waals surface area (Å²) in [5.41, 5.74) is 1.21. The van der Waals surface area contributed by atoms with Crippen molar-refractivity contribution in [3.63, 3.8) is 0 Å². The van der Waals surface area contributed by atoms with E-state index in [2.05, 4.69) is 9.80 Å². The number of non-ortho nitro benzene ring substituents is 1. The number of anilines is 1. The van der Waals surface area contributed by atoms with E-state index in [0.29, 0.717) is 48.2 Å². The van der Waals surface area contributed by atoms with Gasteiger partial charge in [-0.2, -0.15) is 0 Å². The number of hydrogen-bond acceptors (Lipinski definition) is 8. The van der Waals surface area contributed by atoms with Gasteiger partial charge in [-0.3, -0.25) is 24.4 Å². The fourth-order valence-electron chi connectivity index (χ4n) is 4.64. The second kappa shape index (κ2) is 10.5. The summed E-state index contributed by atoms with van der Waals surface area (Å²) in [6, 6.07) is 15.6. The fourth-order valence-corrected chi connectivity index (χ4v) is 4.64. The molecule has 1 saturated heterocycles. The van der Waals surface area contributed by atoms with Gasteiger partial charge >= 0.3 is 0 Å². The highest BCUT2D eigenvalue weighted by molar-refractivity contribution is 5.80. The number of halogens is 1. The van der Waals surface area contributed by atoms with Crippen LogP contribution in [0.3, 0.4) is 0 Å². The summed E-state index contributed by atoms with van der Waals surface area (Å²) in [6.07, 6.45) is 0. The highest BCUT2D eigenvalue weighted by Gasteiger charge is 2.22. The van der Waals surface area contributed by atoms with Crippen LogP contribution in [0, 0.1) is 15.9 Å². The number of ether oxygens (including phenoxy) is 2. The number of rotatable bonds is 7. The highest BCUT2D eigenvalue weighted by atomic mass is 19.1. The lowest BCUT2D eigenvalue weighted by atomic mass is 10.2. The first-order valence-electron chi connectivity index (χ1n) is 12.0. The maximum atomic E-state index is 13.8. The van der Waals surface area contributed by atoms with Crippen molar-refractivity contribution in [2.75, 3.05) is 45.3 Å². The molecule has 0 amide bonds. The van der Waals surface area contributed by atoms with Crippen molar-refractivity contribution in [2.45, 2.75) is 6.54 Å². The molecule has 0 radical (unpaired) electrons. The van der Waals surface area contributed by atoms with Crippen molar-refractivity contribution in [3.8, 4) is 17.2 Å². The predicted octanol–water partition coefficient (Wildman–Crippen LogP) is 3.77. The van der Waals surface area contributed by atoms with E-state index < -0.39 is 10.5 Å². The number of piperazine rings is 1. The number of benzene rings is 3. The predicted molar refractivity (Wildman–Crippen MR) is 141 cm³/mol. The van der Waals surface area contributed by atoms with E-state index in [1.54, 1.807) is 30.3 Å². The van der Waals surface area contributed by atoms with Crippen molar-refractivity contribution in [3.05, 3.63) is 92.8 Å². The minimum atomic E-state index is -0.535. The molecule has 3 aromatic carbocycles. The number of hydrogen-bond donors (Lipinski definition) is 0. The summed E-state index contributed by atoms with van der Waals surface area (Å²) in [6.45, 7) is 3.23. The zero-order chi connectivity index (χ0) is 26.8. The van der Waals surface area contributed by atoms with Crippen molar-refractivity contribution in [1.29, 1.82) is 0 Å². The first-order chi connectivity index (χ1) is 18.4. The Balaban J connectivity index is 1.53. The lowest BCUT2D eigenvalue weighted by molar-refractivity contribution is -0.384. The topological polar surface area (TPSA) is 103 Å². The summed E-state index contributed by atoms with van der Waals surface area (Å²) in [5, 5.41) is 11.5. The summed E-state index contributed by atoms with van der Waals surface area (Å²) < 4.78 is 25.6. The molecule has 5 rings (SSSR count). The standard InChI is InChI=1S/C27H26FN5O5/c1-37-22-13-21(14-23(16-22)38-2)32-26(29-25-8-7-20(33(35)36)15-24(25)27(32)34)17-30-9-11-31(12-10-30)19-5-3-18(28)4-6-19/h3-8,13-16H,9-12,17H2,1-2H3. The third-order valence-corrected chi connectivity index (χ3v) is 6.66. The molecule has 38 heavy (non-hydrogen) atoms. The Morgan fingerprint density at radius 2 is 1.58 bits per heavy atom. The van der Waals surface area contributed by atoms with Crippen molar-refractivity contribution >= 4 is 22.3 Å². The normalized spacial score (nSPS) is 14.0. The second-order valence-corrected chi connectivity index (χ2v) is 8.94. The third kappa shape index (κ3) is 5.00. The van der Waals surface area contributed by atoms with E-state index in [-0.39, 0.29) is 16.9 Å². The van der Waals surface area contributed by atoms with Crippen molar-refractivity contribution < 1.29 is 18.8 Å². The van der Waals surface area contributed by atoms with Gasteiger partial charge in [0.25, 0.3) is 11.2 Å². The Morgan fingerprint density at radius 3 is 2.18 bits per heavy atom. The number of methoxy groups -OCH3 is 2. The molecular formula is C27H26FN5O5. The summed E-state index contributed by atoms with van der Waals surface area (Å²) >= 11 is 0. The van der Waals surface area contributed by atoms with E-state index in [1.807, 2.05) is 0 Å². The van der Waals surface area contributed by atoms with Gasteiger partial charge in [-0.05, 0) is 30.3 Å². The third-order valence-electron chi connectivity index (χ3n) is 6.66. The van der Waals surface area contributed by atoms with Gasteiger partial charge in [-0.25, -0.2) is 9.37 Å². The molecule has 10 nitrogen and oxygen atoms in total. The van der Waals surface area contributed by atoms with E-state index in [4.69, 9.17) is 14.5 Å². The SMILES string of the molecule is COc1cc(OC)cc(-n2c(CN3CCN(c4ccc(F)cc4)CC3)nc3ccc([N+](=O)[O-])cc3c2=O)c1. The van der Waals surface area contributed by atoms with Crippen LogP contribution in [0.25, 0.3) is 16.6 Å². The van der Waals surface area contributed by atoms with Gasteiger partial charge in [0.15, 0.2) is 0 Å². The van der Waals surface area contributed by atoms with E-state index in [1.165, 1.54) is 49.1 Å². The van der Waals surface area contributed by atoms with E-state index >= 15 is 0 Å². The first kappa shape index (κ1) is 25.2. The van der Waals surface area contributed by atoms with Crippen LogP contribution in [0.2, 0.25) is 0 Å². The molecule has 0 aliphatic carbocycles. The molecule has 11 heteroatoms. The molecule has 2 heterocycles. The molecule has 0 spiro atoms. The molecule has 0 saturated carbocycles. The molecule has 0 unspecified atom stereocenters. The van der Waals surface area contributed by atoms with Crippen LogP contribution < -0.4 is 19.9 Å². The van der Waals surface area contributed by atoms with Gasteiger partial charge in [0.2, 0.25) is 0 Å². The van der Waals surface area contributed by atoms with Crippen molar-refractivity contribution in [1.82, 2.24) is 14.5 Å². The van der Waals surface area contributed by atoms with Gasteiger partial charge in [-0.15, -0.1) is 0 Å². The molecule has 1 aliphatic heterocycles. The molecule has 0 N–H and O–H groups in total. The molecule has 0 bridgehead atoms.